The van der Waals surface area contributed by atoms with E-state index in [1.165, 1.54) is 16.9 Å². The molecule has 4 aromatic rings. The smallest absolute Gasteiger partial charge is 0.255 e. The van der Waals surface area contributed by atoms with Crippen LogP contribution in [0.5, 0.6) is 0 Å². The molecule has 1 aliphatic rings. The largest absolute Gasteiger partial charge is 0.390 e. The van der Waals surface area contributed by atoms with E-state index in [0.717, 1.165) is 58.6 Å². The number of hydrogen-bond donors (Lipinski definition) is 3. The fourth-order valence-corrected chi connectivity index (χ4v) is 4.91. The van der Waals surface area contributed by atoms with Gasteiger partial charge < -0.3 is 20.9 Å². The summed E-state index contributed by atoms with van der Waals surface area (Å²) >= 11 is 1.53. The van der Waals surface area contributed by atoms with E-state index in [-0.39, 0.29) is 8.76 Å². The standard InChI is InChI=1S/C27H29N7OS.2H2/c1-28-21-6-4-5-7-22(21)31-26(35)19-8-10-20(11-9-19)30-27-32-23(17-36-27)24-15-29-25-14-18(16-33(2)3)12-13-34(24)25;;/h5,7-15,17,28H,4,6,16H2,1-3H3,(H,30,32)(H,31,35);2*1H. The van der Waals surface area contributed by atoms with Crippen LogP contribution in [-0.2, 0) is 6.54 Å². The number of nitrogens with zero attached hydrogens (tertiary/aromatic N) is 4. The number of aromatic nitrogens is 3. The van der Waals surface area contributed by atoms with Gasteiger partial charge in [0.1, 0.15) is 11.3 Å². The fraction of sp³-hybridized carbons (Fsp3) is 0.222. The third kappa shape index (κ3) is 5.17. The van der Waals surface area contributed by atoms with E-state index in [1.807, 2.05) is 55.2 Å². The van der Waals surface area contributed by atoms with E-state index < -0.39 is 0 Å². The first kappa shape index (κ1) is 23.8. The summed E-state index contributed by atoms with van der Waals surface area (Å²) in [6.45, 7) is 0.871. The highest BCUT2D eigenvalue weighted by Gasteiger charge is 2.13. The first-order chi connectivity index (χ1) is 17.5. The van der Waals surface area contributed by atoms with Crippen LogP contribution in [0.25, 0.3) is 17.0 Å². The van der Waals surface area contributed by atoms with Gasteiger partial charge in [-0.1, -0.05) is 6.08 Å². The van der Waals surface area contributed by atoms with Gasteiger partial charge >= 0.3 is 0 Å². The van der Waals surface area contributed by atoms with Crippen LogP contribution in [0.3, 0.4) is 0 Å². The summed E-state index contributed by atoms with van der Waals surface area (Å²) in [6, 6.07) is 11.6. The van der Waals surface area contributed by atoms with E-state index in [9.17, 15) is 4.79 Å². The first-order valence-corrected chi connectivity index (χ1v) is 12.7. The van der Waals surface area contributed by atoms with Gasteiger partial charge in [-0.25, -0.2) is 9.97 Å². The number of anilines is 2. The number of carbonyl (C=O) groups is 1. The molecule has 36 heavy (non-hydrogen) atoms. The number of amides is 1. The van der Waals surface area contributed by atoms with Crippen molar-refractivity contribution in [1.82, 2.24) is 29.9 Å². The van der Waals surface area contributed by atoms with Crippen molar-refractivity contribution >= 4 is 33.7 Å². The molecule has 9 heteroatoms. The van der Waals surface area contributed by atoms with Crippen LogP contribution >= 0.6 is 11.3 Å². The Morgan fingerprint density at radius 1 is 1.22 bits per heavy atom. The number of hydrogen-bond acceptors (Lipinski definition) is 7. The molecule has 0 fully saturated rings. The van der Waals surface area contributed by atoms with E-state index in [1.54, 1.807) is 0 Å². The van der Waals surface area contributed by atoms with Gasteiger partial charge in [-0.3, -0.25) is 9.20 Å². The molecule has 5 rings (SSSR count). The molecular formula is C27H33N7OS. The molecule has 3 aromatic heterocycles. The number of thiazole rings is 1. The average molecular weight is 504 g/mol. The number of benzene rings is 1. The number of rotatable bonds is 8. The molecule has 1 aromatic carbocycles. The molecule has 0 spiro atoms. The highest BCUT2D eigenvalue weighted by Crippen LogP contribution is 2.28. The Balaban J connectivity index is 0.00000200. The second-order valence-corrected chi connectivity index (χ2v) is 9.78. The summed E-state index contributed by atoms with van der Waals surface area (Å²) < 4.78 is 2.06. The summed E-state index contributed by atoms with van der Waals surface area (Å²) in [7, 11) is 5.99. The van der Waals surface area contributed by atoms with Crippen LogP contribution in [0.15, 0.2) is 77.7 Å². The van der Waals surface area contributed by atoms with Gasteiger partial charge in [0, 0.05) is 45.0 Å². The predicted molar refractivity (Wildman–Crippen MR) is 150 cm³/mol. The Kier molecular flexibility index (Phi) is 6.84. The zero-order valence-corrected chi connectivity index (χ0v) is 21.4. The summed E-state index contributed by atoms with van der Waals surface area (Å²) in [4.78, 5) is 24.2. The van der Waals surface area contributed by atoms with Crippen LogP contribution in [0.1, 0.15) is 31.6 Å². The van der Waals surface area contributed by atoms with E-state index in [2.05, 4.69) is 62.5 Å². The second kappa shape index (κ2) is 10.3. The lowest BCUT2D eigenvalue weighted by Crippen LogP contribution is -2.26. The van der Waals surface area contributed by atoms with Gasteiger partial charge in [-0.05, 0) is 75.0 Å². The molecule has 0 radical (unpaired) electrons. The van der Waals surface area contributed by atoms with Crippen molar-refractivity contribution in [3.63, 3.8) is 0 Å². The highest BCUT2D eigenvalue weighted by atomic mass is 32.1. The Labute approximate surface area is 217 Å². The number of carbonyl (C=O) groups excluding carboxylic acids is 1. The summed E-state index contributed by atoms with van der Waals surface area (Å²) in [5, 5.41) is 12.3. The number of allylic oxidation sites excluding steroid dienone is 3. The monoisotopic (exact) mass is 503 g/mol. The van der Waals surface area contributed by atoms with E-state index in [0.29, 0.717) is 5.56 Å². The minimum absolute atomic E-state index is 0. The van der Waals surface area contributed by atoms with Crippen LogP contribution in [0.2, 0.25) is 0 Å². The van der Waals surface area contributed by atoms with Crippen molar-refractivity contribution in [1.29, 1.82) is 0 Å². The zero-order valence-electron chi connectivity index (χ0n) is 20.6. The lowest BCUT2D eigenvalue weighted by molar-refractivity contribution is 0.0966. The van der Waals surface area contributed by atoms with E-state index >= 15 is 0 Å². The number of nitrogens with one attached hydrogen (secondary N) is 3. The number of imidazole rings is 1. The lowest BCUT2D eigenvalue weighted by atomic mass is 10.1. The van der Waals surface area contributed by atoms with Gasteiger partial charge in [0.2, 0.25) is 0 Å². The lowest BCUT2D eigenvalue weighted by Gasteiger charge is -2.16. The minimum Gasteiger partial charge on any atom is -0.390 e. The summed E-state index contributed by atoms with van der Waals surface area (Å²) in [5.41, 5.74) is 7.27. The fourth-order valence-electron chi connectivity index (χ4n) is 4.19. The van der Waals surface area contributed by atoms with Crippen LogP contribution < -0.4 is 16.0 Å². The van der Waals surface area contributed by atoms with Gasteiger partial charge in [0.05, 0.1) is 17.6 Å². The van der Waals surface area contributed by atoms with Crippen molar-refractivity contribution < 1.29 is 7.65 Å². The molecule has 188 valence electrons. The third-order valence-corrected chi connectivity index (χ3v) is 6.72. The molecule has 1 amide bonds. The third-order valence-electron chi connectivity index (χ3n) is 5.96. The maximum atomic E-state index is 12.7. The molecule has 0 aliphatic heterocycles. The summed E-state index contributed by atoms with van der Waals surface area (Å²) in [5.74, 6) is -0.131. The molecule has 0 unspecified atom stereocenters. The second-order valence-electron chi connectivity index (χ2n) is 8.92. The topological polar surface area (TPSA) is 86.6 Å². The van der Waals surface area contributed by atoms with Gasteiger partial charge in [-0.2, -0.15) is 0 Å². The molecule has 1 aliphatic carbocycles. The van der Waals surface area contributed by atoms with Crippen molar-refractivity contribution in [2.45, 2.75) is 19.4 Å². The van der Waals surface area contributed by atoms with Gasteiger partial charge in [0.25, 0.3) is 5.91 Å². The Morgan fingerprint density at radius 2 is 2.06 bits per heavy atom. The molecule has 0 saturated carbocycles. The molecule has 0 atom stereocenters. The molecule has 3 heterocycles. The first-order valence-electron chi connectivity index (χ1n) is 11.8. The Morgan fingerprint density at radius 3 is 2.83 bits per heavy atom. The van der Waals surface area contributed by atoms with Crippen LogP contribution in [-0.4, -0.2) is 46.3 Å². The predicted octanol–water partition coefficient (Wildman–Crippen LogP) is 5.27. The normalized spacial score (nSPS) is 13.4. The molecule has 0 bridgehead atoms. The molecule has 0 saturated heterocycles. The Hall–Kier alpha value is -3.95. The van der Waals surface area contributed by atoms with Crippen molar-refractivity contribution in [3.8, 4) is 11.4 Å². The summed E-state index contributed by atoms with van der Waals surface area (Å²) in [6.07, 6.45) is 9.80. The number of pyridine rings is 1. The molecule has 3 N–H and O–H groups in total. The average Bonchev–Trinajstić information content (AvgIpc) is 3.51. The maximum Gasteiger partial charge on any atom is 0.255 e. The number of fused-ring (bicyclic) bond motifs is 1. The SMILES string of the molecule is CNC1=C(NC(=O)c2ccc(Nc3nc(-c4cnc5cc(CN(C)C)ccn45)cs3)cc2)C=CCC1.[HH].[HH]. The highest BCUT2D eigenvalue weighted by molar-refractivity contribution is 7.14. The van der Waals surface area contributed by atoms with Crippen molar-refractivity contribution in [2.75, 3.05) is 26.5 Å². The van der Waals surface area contributed by atoms with Crippen LogP contribution in [0.4, 0.5) is 10.8 Å². The molecular weight excluding hydrogens is 470 g/mol. The zero-order chi connectivity index (χ0) is 25.1. The van der Waals surface area contributed by atoms with Crippen molar-refractivity contribution in [2.24, 2.45) is 0 Å². The van der Waals surface area contributed by atoms with E-state index in [4.69, 9.17) is 4.98 Å². The van der Waals surface area contributed by atoms with Gasteiger partial charge in [-0.15, -0.1) is 11.3 Å². The van der Waals surface area contributed by atoms with Crippen LogP contribution in [0, 0.1) is 0 Å². The van der Waals surface area contributed by atoms with Crippen molar-refractivity contribution in [3.05, 3.63) is 88.8 Å². The maximum absolute atomic E-state index is 12.7. The molecule has 8 nitrogen and oxygen atoms in total. The van der Waals surface area contributed by atoms with Gasteiger partial charge in [0.15, 0.2) is 5.13 Å². The minimum atomic E-state index is -0.131. The quantitative estimate of drug-likeness (QED) is 0.304. The Bertz CT molecular complexity index is 1460.